The van der Waals surface area contributed by atoms with Crippen molar-refractivity contribution in [1.29, 1.82) is 0 Å². The Hall–Kier alpha value is 0.180. The zero-order valence-corrected chi connectivity index (χ0v) is 9.40. The maximum absolute atomic E-state index is 3.75. The second kappa shape index (κ2) is 3.93. The molecule has 0 amide bonds. The zero-order chi connectivity index (χ0) is 8.39. The highest BCUT2D eigenvalue weighted by atomic mass is 79.9. The molecule has 0 aliphatic heterocycles. The van der Waals surface area contributed by atoms with E-state index >= 15 is 0 Å². The predicted molar refractivity (Wildman–Crippen MR) is 58.1 cm³/mol. The molecule has 1 aliphatic rings. The zero-order valence-electron chi connectivity index (χ0n) is 7.00. The molecular formula is C10H13BrS. The molecule has 1 heterocycles. The summed E-state index contributed by atoms with van der Waals surface area (Å²) in [5.41, 5.74) is 0. The summed E-state index contributed by atoms with van der Waals surface area (Å²) in [6, 6.07) is 4.36. The average molecular weight is 245 g/mol. The molecule has 0 nitrogen and oxygen atoms in total. The van der Waals surface area contributed by atoms with Gasteiger partial charge in [0.2, 0.25) is 0 Å². The topological polar surface area (TPSA) is 0 Å². The molecule has 0 bridgehead atoms. The van der Waals surface area contributed by atoms with E-state index in [1.165, 1.54) is 30.6 Å². The summed E-state index contributed by atoms with van der Waals surface area (Å²) in [6.07, 6.45) is 5.52. The van der Waals surface area contributed by atoms with Crippen LogP contribution in [0.15, 0.2) is 17.5 Å². The van der Waals surface area contributed by atoms with E-state index < -0.39 is 0 Å². The Morgan fingerprint density at radius 2 is 2.42 bits per heavy atom. The lowest BCUT2D eigenvalue weighted by Gasteiger charge is -2.05. The third kappa shape index (κ3) is 2.60. The molecule has 1 aromatic heterocycles. The second-order valence-electron chi connectivity index (χ2n) is 3.56. The molecule has 0 radical (unpaired) electrons. The maximum Gasteiger partial charge on any atom is 0.0196 e. The van der Waals surface area contributed by atoms with Crippen LogP contribution in [0, 0.1) is 5.92 Å². The Morgan fingerprint density at radius 3 is 3.00 bits per heavy atom. The lowest BCUT2D eigenvalue weighted by molar-refractivity contribution is 0.694. The lowest BCUT2D eigenvalue weighted by atomic mass is 10.1. The number of alkyl halides is 1. The molecule has 0 aromatic carbocycles. The summed E-state index contributed by atoms with van der Waals surface area (Å²) < 4.78 is 0. The predicted octanol–water partition coefficient (Wildman–Crippen LogP) is 3.85. The van der Waals surface area contributed by atoms with Gasteiger partial charge in [-0.2, -0.15) is 0 Å². The number of hydrogen-bond donors (Lipinski definition) is 0. The third-order valence-electron chi connectivity index (χ3n) is 2.29. The fourth-order valence-electron chi connectivity index (χ4n) is 1.45. The van der Waals surface area contributed by atoms with Gasteiger partial charge in [-0.25, -0.2) is 0 Å². The van der Waals surface area contributed by atoms with Gasteiger partial charge in [-0.3, -0.25) is 0 Å². The van der Waals surface area contributed by atoms with E-state index in [0.717, 1.165) is 5.92 Å². The van der Waals surface area contributed by atoms with Crippen LogP contribution in [0.4, 0.5) is 0 Å². The van der Waals surface area contributed by atoms with Crippen molar-refractivity contribution >= 4 is 27.3 Å². The summed E-state index contributed by atoms with van der Waals surface area (Å²) in [6.45, 7) is 0. The fraction of sp³-hybridized carbons (Fsp3) is 0.600. The number of halogens is 1. The number of rotatable bonds is 4. The van der Waals surface area contributed by atoms with Crippen LogP contribution in [0.25, 0.3) is 0 Å². The molecule has 0 saturated heterocycles. The minimum atomic E-state index is 0.712. The quantitative estimate of drug-likeness (QED) is 0.707. The molecule has 0 N–H and O–H groups in total. The van der Waals surface area contributed by atoms with E-state index in [2.05, 4.69) is 33.4 Å². The molecule has 2 heteroatoms. The SMILES string of the molecule is BrC(Cc1cccs1)CC1CC1. The van der Waals surface area contributed by atoms with Gasteiger partial charge in [0.05, 0.1) is 0 Å². The van der Waals surface area contributed by atoms with E-state index in [-0.39, 0.29) is 0 Å². The largest absolute Gasteiger partial charge is 0.149 e. The van der Waals surface area contributed by atoms with Gasteiger partial charge in [-0.15, -0.1) is 11.3 Å². The first-order valence-electron chi connectivity index (χ1n) is 4.51. The smallest absolute Gasteiger partial charge is 0.0196 e. The molecule has 1 aromatic rings. The Labute approximate surface area is 86.1 Å². The van der Waals surface area contributed by atoms with Crippen LogP contribution in [0.5, 0.6) is 0 Å². The van der Waals surface area contributed by atoms with E-state index in [1.54, 1.807) is 0 Å². The van der Waals surface area contributed by atoms with Crippen LogP contribution in [0.2, 0.25) is 0 Å². The van der Waals surface area contributed by atoms with Gasteiger partial charge in [0, 0.05) is 9.70 Å². The van der Waals surface area contributed by atoms with E-state index in [0.29, 0.717) is 4.83 Å². The summed E-state index contributed by atoms with van der Waals surface area (Å²) in [5.74, 6) is 1.04. The molecule has 1 saturated carbocycles. The Kier molecular flexibility index (Phi) is 2.87. The first-order chi connectivity index (χ1) is 5.84. The van der Waals surface area contributed by atoms with Crippen LogP contribution >= 0.6 is 27.3 Å². The molecule has 66 valence electrons. The second-order valence-corrected chi connectivity index (χ2v) is 5.89. The lowest BCUT2D eigenvalue weighted by Crippen LogP contribution is -2.01. The molecule has 12 heavy (non-hydrogen) atoms. The van der Waals surface area contributed by atoms with Crippen LogP contribution in [0.3, 0.4) is 0 Å². The average Bonchev–Trinajstić information content (AvgIpc) is 2.66. The maximum atomic E-state index is 3.75. The summed E-state index contributed by atoms with van der Waals surface area (Å²) in [7, 11) is 0. The summed E-state index contributed by atoms with van der Waals surface area (Å²) in [4.78, 5) is 2.22. The first-order valence-corrected chi connectivity index (χ1v) is 6.30. The van der Waals surface area contributed by atoms with Crippen molar-refractivity contribution in [1.82, 2.24) is 0 Å². The van der Waals surface area contributed by atoms with Gasteiger partial charge in [0.15, 0.2) is 0 Å². The minimum Gasteiger partial charge on any atom is -0.149 e. The van der Waals surface area contributed by atoms with E-state index in [1.807, 2.05) is 11.3 Å². The van der Waals surface area contributed by atoms with Crippen LogP contribution < -0.4 is 0 Å². The normalized spacial score (nSPS) is 19.4. The molecule has 1 unspecified atom stereocenters. The monoisotopic (exact) mass is 244 g/mol. The number of hydrogen-bond acceptors (Lipinski definition) is 1. The highest BCUT2D eigenvalue weighted by Gasteiger charge is 2.24. The van der Waals surface area contributed by atoms with Crippen molar-refractivity contribution in [3.8, 4) is 0 Å². The van der Waals surface area contributed by atoms with Crippen molar-refractivity contribution in [2.24, 2.45) is 5.92 Å². The van der Waals surface area contributed by atoms with Crippen molar-refractivity contribution in [2.45, 2.75) is 30.5 Å². The summed E-state index contributed by atoms with van der Waals surface area (Å²) >= 11 is 5.62. The molecule has 1 fully saturated rings. The van der Waals surface area contributed by atoms with Gasteiger partial charge in [0.1, 0.15) is 0 Å². The van der Waals surface area contributed by atoms with Crippen molar-refractivity contribution in [2.75, 3.05) is 0 Å². The fourth-order valence-corrected chi connectivity index (χ4v) is 3.32. The van der Waals surface area contributed by atoms with Gasteiger partial charge in [-0.05, 0) is 30.2 Å². The van der Waals surface area contributed by atoms with Gasteiger partial charge in [0.25, 0.3) is 0 Å². The van der Waals surface area contributed by atoms with Gasteiger partial charge in [-0.1, -0.05) is 34.8 Å². The molecule has 0 spiro atoms. The molecule has 1 aliphatic carbocycles. The summed E-state index contributed by atoms with van der Waals surface area (Å²) in [5, 5.41) is 2.16. The van der Waals surface area contributed by atoms with Crippen molar-refractivity contribution < 1.29 is 0 Å². The molecular weight excluding hydrogens is 232 g/mol. The molecule has 1 atom stereocenters. The highest BCUT2D eigenvalue weighted by Crippen LogP contribution is 2.36. The van der Waals surface area contributed by atoms with Gasteiger partial charge < -0.3 is 0 Å². The van der Waals surface area contributed by atoms with Crippen molar-refractivity contribution in [3.05, 3.63) is 22.4 Å². The van der Waals surface area contributed by atoms with Gasteiger partial charge >= 0.3 is 0 Å². The number of thiophene rings is 1. The van der Waals surface area contributed by atoms with E-state index in [9.17, 15) is 0 Å². The van der Waals surface area contributed by atoms with Crippen LogP contribution in [-0.4, -0.2) is 4.83 Å². The first kappa shape index (κ1) is 8.76. The van der Waals surface area contributed by atoms with E-state index in [4.69, 9.17) is 0 Å². The highest BCUT2D eigenvalue weighted by molar-refractivity contribution is 9.09. The Bertz CT molecular complexity index is 226. The molecule has 2 rings (SSSR count). The van der Waals surface area contributed by atoms with Crippen LogP contribution in [0.1, 0.15) is 24.1 Å². The minimum absolute atomic E-state index is 0.712. The standard InChI is InChI=1S/C10H13BrS/c11-9(6-8-3-4-8)7-10-2-1-5-12-10/h1-2,5,8-9H,3-4,6-7H2. The third-order valence-corrected chi connectivity index (χ3v) is 3.89. The Balaban J connectivity index is 1.77. The van der Waals surface area contributed by atoms with Crippen LogP contribution in [-0.2, 0) is 6.42 Å². The Morgan fingerprint density at radius 1 is 1.58 bits per heavy atom. The van der Waals surface area contributed by atoms with Crippen molar-refractivity contribution in [3.63, 3.8) is 0 Å².